The Morgan fingerprint density at radius 3 is 2.38 bits per heavy atom. The quantitative estimate of drug-likeness (QED) is 0.809. The highest BCUT2D eigenvalue weighted by Gasteiger charge is 2.32. The SMILES string of the molecule is O=C(O)CCC(Cc1ccccc1)Nc1ccc(C(F)(F)F)nn1. The number of nitrogens with zero attached hydrogens (tertiary/aromatic N) is 2. The first-order valence-corrected chi connectivity index (χ1v) is 7.28. The number of hydrogen-bond acceptors (Lipinski definition) is 4. The number of hydrogen-bond donors (Lipinski definition) is 2. The van der Waals surface area contributed by atoms with Crippen LogP contribution in [0.25, 0.3) is 0 Å². The number of benzene rings is 1. The lowest BCUT2D eigenvalue weighted by Gasteiger charge is -2.18. The number of alkyl halides is 3. The molecule has 2 N–H and O–H groups in total. The molecule has 0 aliphatic rings. The van der Waals surface area contributed by atoms with Crippen LogP contribution in [0.3, 0.4) is 0 Å². The first-order chi connectivity index (χ1) is 11.3. The lowest BCUT2D eigenvalue weighted by Crippen LogP contribution is -2.24. The van der Waals surface area contributed by atoms with Crippen LogP contribution in [-0.4, -0.2) is 27.3 Å². The second-order valence-corrected chi connectivity index (χ2v) is 5.26. The van der Waals surface area contributed by atoms with E-state index < -0.39 is 17.8 Å². The molecule has 0 aliphatic carbocycles. The van der Waals surface area contributed by atoms with E-state index in [-0.39, 0.29) is 18.3 Å². The van der Waals surface area contributed by atoms with E-state index in [9.17, 15) is 18.0 Å². The van der Waals surface area contributed by atoms with E-state index in [0.717, 1.165) is 11.6 Å². The molecule has 0 bridgehead atoms. The summed E-state index contributed by atoms with van der Waals surface area (Å²) < 4.78 is 37.5. The topological polar surface area (TPSA) is 75.1 Å². The van der Waals surface area contributed by atoms with Crippen molar-refractivity contribution in [2.24, 2.45) is 0 Å². The minimum absolute atomic E-state index is 0.0570. The predicted octanol–water partition coefficient (Wildman–Crippen LogP) is 3.38. The molecule has 0 saturated heterocycles. The molecular formula is C16H16F3N3O2. The smallest absolute Gasteiger partial charge is 0.435 e. The van der Waals surface area contributed by atoms with Crippen LogP contribution in [0.4, 0.5) is 19.0 Å². The average molecular weight is 339 g/mol. The summed E-state index contributed by atoms with van der Waals surface area (Å²) in [7, 11) is 0. The monoisotopic (exact) mass is 339 g/mol. The lowest BCUT2D eigenvalue weighted by atomic mass is 10.0. The molecule has 0 spiro atoms. The fourth-order valence-electron chi connectivity index (χ4n) is 2.19. The molecule has 0 saturated carbocycles. The molecule has 24 heavy (non-hydrogen) atoms. The maximum atomic E-state index is 12.5. The van der Waals surface area contributed by atoms with Gasteiger partial charge in [-0.3, -0.25) is 4.79 Å². The Kier molecular flexibility index (Phi) is 5.73. The van der Waals surface area contributed by atoms with Gasteiger partial charge in [-0.2, -0.15) is 13.2 Å². The van der Waals surface area contributed by atoms with Crippen molar-refractivity contribution in [2.75, 3.05) is 5.32 Å². The van der Waals surface area contributed by atoms with E-state index in [4.69, 9.17) is 5.11 Å². The van der Waals surface area contributed by atoms with Gasteiger partial charge in [-0.05, 0) is 30.5 Å². The Morgan fingerprint density at radius 2 is 1.83 bits per heavy atom. The third kappa shape index (κ3) is 5.53. The van der Waals surface area contributed by atoms with Crippen LogP contribution in [0.1, 0.15) is 24.1 Å². The van der Waals surface area contributed by atoms with Gasteiger partial charge in [0, 0.05) is 12.5 Å². The molecule has 1 heterocycles. The Hall–Kier alpha value is -2.64. The first-order valence-electron chi connectivity index (χ1n) is 7.28. The molecule has 1 unspecified atom stereocenters. The second kappa shape index (κ2) is 7.76. The van der Waals surface area contributed by atoms with Gasteiger partial charge in [-0.15, -0.1) is 10.2 Å². The minimum Gasteiger partial charge on any atom is -0.481 e. The number of aliphatic carboxylic acids is 1. The highest BCUT2D eigenvalue weighted by molar-refractivity contribution is 5.66. The zero-order chi connectivity index (χ0) is 17.6. The van der Waals surface area contributed by atoms with Gasteiger partial charge in [-0.1, -0.05) is 30.3 Å². The van der Waals surface area contributed by atoms with Crippen molar-refractivity contribution < 1.29 is 23.1 Å². The average Bonchev–Trinajstić information content (AvgIpc) is 2.53. The molecule has 8 heteroatoms. The molecule has 1 aromatic heterocycles. The number of rotatable bonds is 7. The van der Waals surface area contributed by atoms with Crippen LogP contribution < -0.4 is 5.32 Å². The second-order valence-electron chi connectivity index (χ2n) is 5.26. The summed E-state index contributed by atoms with van der Waals surface area (Å²) in [5.74, 6) is -0.761. The van der Waals surface area contributed by atoms with Gasteiger partial charge < -0.3 is 10.4 Å². The fraction of sp³-hybridized carbons (Fsp3) is 0.312. The zero-order valence-corrected chi connectivity index (χ0v) is 12.6. The predicted molar refractivity (Wildman–Crippen MR) is 81.5 cm³/mol. The Bertz CT molecular complexity index is 661. The van der Waals surface area contributed by atoms with Gasteiger partial charge in [0.05, 0.1) is 0 Å². The summed E-state index contributed by atoms with van der Waals surface area (Å²) in [6, 6.07) is 11.1. The van der Waals surface area contributed by atoms with E-state index in [1.165, 1.54) is 6.07 Å². The number of carbonyl (C=O) groups is 1. The molecule has 0 fully saturated rings. The van der Waals surface area contributed by atoms with Crippen LogP contribution in [0, 0.1) is 0 Å². The normalized spacial score (nSPS) is 12.6. The van der Waals surface area contributed by atoms with E-state index >= 15 is 0 Å². The molecule has 0 aliphatic heterocycles. The van der Waals surface area contributed by atoms with Crippen molar-refractivity contribution in [3.63, 3.8) is 0 Å². The Labute approximate surface area is 136 Å². The summed E-state index contributed by atoms with van der Waals surface area (Å²) in [4.78, 5) is 10.8. The third-order valence-corrected chi connectivity index (χ3v) is 3.34. The zero-order valence-electron chi connectivity index (χ0n) is 12.6. The molecular weight excluding hydrogens is 323 g/mol. The van der Waals surface area contributed by atoms with Crippen molar-refractivity contribution in [3.05, 3.63) is 53.7 Å². The van der Waals surface area contributed by atoms with Gasteiger partial charge in [0.25, 0.3) is 0 Å². The van der Waals surface area contributed by atoms with E-state index in [1.807, 2.05) is 30.3 Å². The molecule has 0 amide bonds. The first kappa shape index (κ1) is 17.7. The summed E-state index contributed by atoms with van der Waals surface area (Å²) in [5.41, 5.74) is -0.0848. The van der Waals surface area contributed by atoms with Crippen LogP contribution in [-0.2, 0) is 17.4 Å². The molecule has 5 nitrogen and oxygen atoms in total. The largest absolute Gasteiger partial charge is 0.481 e. The molecule has 0 radical (unpaired) electrons. The van der Waals surface area contributed by atoms with Gasteiger partial charge in [0.2, 0.25) is 0 Å². The van der Waals surface area contributed by atoms with Gasteiger partial charge in [0.1, 0.15) is 5.82 Å². The minimum atomic E-state index is -4.54. The van der Waals surface area contributed by atoms with Crippen molar-refractivity contribution >= 4 is 11.8 Å². The highest BCUT2D eigenvalue weighted by atomic mass is 19.4. The van der Waals surface area contributed by atoms with Gasteiger partial charge in [0.15, 0.2) is 5.69 Å². The standard InChI is InChI=1S/C16H16F3N3O2/c17-16(18,19)13-7-8-14(22-21-13)20-12(6-9-15(23)24)10-11-4-2-1-3-5-11/h1-5,7-8,12H,6,9-10H2,(H,20,22)(H,23,24). The third-order valence-electron chi connectivity index (χ3n) is 3.34. The maximum absolute atomic E-state index is 12.5. The molecule has 1 atom stereocenters. The van der Waals surface area contributed by atoms with Crippen LogP contribution in [0.5, 0.6) is 0 Å². The molecule has 2 rings (SSSR count). The summed E-state index contributed by atoms with van der Waals surface area (Å²) >= 11 is 0. The molecule has 128 valence electrons. The summed E-state index contributed by atoms with van der Waals surface area (Å²) in [5, 5.41) is 18.5. The highest BCUT2D eigenvalue weighted by Crippen LogP contribution is 2.27. The van der Waals surface area contributed by atoms with Gasteiger partial charge >= 0.3 is 12.1 Å². The van der Waals surface area contributed by atoms with Crippen molar-refractivity contribution in [2.45, 2.75) is 31.5 Å². The number of nitrogens with one attached hydrogen (secondary N) is 1. The molecule has 1 aromatic carbocycles. The number of halogens is 3. The number of anilines is 1. The van der Waals surface area contributed by atoms with Crippen molar-refractivity contribution in [3.8, 4) is 0 Å². The number of carboxylic acids is 1. The number of aromatic nitrogens is 2. The summed E-state index contributed by atoms with van der Waals surface area (Å²) in [6.07, 6.45) is -3.76. The van der Waals surface area contributed by atoms with Gasteiger partial charge in [-0.25, -0.2) is 0 Å². The van der Waals surface area contributed by atoms with Crippen molar-refractivity contribution in [1.29, 1.82) is 0 Å². The van der Waals surface area contributed by atoms with Crippen LogP contribution in [0.15, 0.2) is 42.5 Å². The maximum Gasteiger partial charge on any atom is 0.435 e. The van der Waals surface area contributed by atoms with Crippen molar-refractivity contribution in [1.82, 2.24) is 10.2 Å². The van der Waals surface area contributed by atoms with Crippen LogP contribution in [0.2, 0.25) is 0 Å². The van der Waals surface area contributed by atoms with Crippen LogP contribution >= 0.6 is 0 Å². The van der Waals surface area contributed by atoms with E-state index in [1.54, 1.807) is 0 Å². The number of carboxylic acid groups (broad SMARTS) is 1. The fourth-order valence-corrected chi connectivity index (χ4v) is 2.19. The Morgan fingerprint density at radius 1 is 1.12 bits per heavy atom. The van der Waals surface area contributed by atoms with E-state index in [0.29, 0.717) is 12.8 Å². The van der Waals surface area contributed by atoms with E-state index in [2.05, 4.69) is 15.5 Å². The Balaban J connectivity index is 2.07. The summed E-state index contributed by atoms with van der Waals surface area (Å²) in [6.45, 7) is 0. The lowest BCUT2D eigenvalue weighted by molar-refractivity contribution is -0.141. The molecule has 2 aromatic rings.